The van der Waals surface area contributed by atoms with Crippen LogP contribution in [0, 0.1) is 0 Å². The standard InChI is InChI=1S/C11H15ClN2O2S/c1-11(2)6-14(17(3,15)16)10-8(11)4-7(12)5-9(10)13/h4-5H,6,13H2,1-3H3. The molecule has 1 aromatic carbocycles. The van der Waals surface area contributed by atoms with E-state index >= 15 is 0 Å². The fourth-order valence-corrected chi connectivity index (χ4v) is 3.54. The molecule has 4 nitrogen and oxygen atoms in total. The first-order valence-corrected chi connectivity index (χ1v) is 7.43. The molecule has 0 saturated carbocycles. The Labute approximate surface area is 106 Å². The molecule has 0 spiro atoms. The third-order valence-electron chi connectivity index (χ3n) is 3.02. The Morgan fingerprint density at radius 1 is 1.41 bits per heavy atom. The number of anilines is 2. The molecular formula is C11H15ClN2O2S. The van der Waals surface area contributed by atoms with Crippen molar-refractivity contribution in [1.82, 2.24) is 0 Å². The minimum atomic E-state index is -3.31. The van der Waals surface area contributed by atoms with Crippen LogP contribution in [0.4, 0.5) is 11.4 Å². The smallest absolute Gasteiger partial charge is 0.232 e. The number of fused-ring (bicyclic) bond motifs is 1. The van der Waals surface area contributed by atoms with E-state index in [2.05, 4.69) is 0 Å². The predicted molar refractivity (Wildman–Crippen MR) is 71.1 cm³/mol. The van der Waals surface area contributed by atoms with Gasteiger partial charge in [0.2, 0.25) is 10.0 Å². The van der Waals surface area contributed by atoms with Gasteiger partial charge in [-0.1, -0.05) is 25.4 Å². The van der Waals surface area contributed by atoms with Gasteiger partial charge in [-0.15, -0.1) is 0 Å². The zero-order valence-corrected chi connectivity index (χ0v) is 11.6. The van der Waals surface area contributed by atoms with Crippen molar-refractivity contribution in [3.05, 3.63) is 22.7 Å². The summed E-state index contributed by atoms with van der Waals surface area (Å²) in [7, 11) is -3.31. The van der Waals surface area contributed by atoms with Crippen molar-refractivity contribution in [2.75, 3.05) is 22.8 Å². The maximum Gasteiger partial charge on any atom is 0.232 e. The molecule has 0 aliphatic carbocycles. The molecule has 0 saturated heterocycles. The van der Waals surface area contributed by atoms with E-state index in [1.54, 1.807) is 12.1 Å². The summed E-state index contributed by atoms with van der Waals surface area (Å²) in [5.41, 5.74) is 7.47. The Morgan fingerprint density at radius 2 is 2.00 bits per heavy atom. The minimum Gasteiger partial charge on any atom is -0.397 e. The molecule has 0 amide bonds. The van der Waals surface area contributed by atoms with E-state index in [0.717, 1.165) is 5.56 Å². The summed E-state index contributed by atoms with van der Waals surface area (Å²) < 4.78 is 24.9. The summed E-state index contributed by atoms with van der Waals surface area (Å²) in [6.07, 6.45) is 1.19. The molecule has 2 N–H and O–H groups in total. The third-order valence-corrected chi connectivity index (χ3v) is 4.35. The lowest BCUT2D eigenvalue weighted by molar-refractivity contribution is 0.557. The fourth-order valence-electron chi connectivity index (χ4n) is 2.22. The third kappa shape index (κ3) is 1.98. The van der Waals surface area contributed by atoms with Crippen LogP contribution in [-0.2, 0) is 15.4 Å². The molecule has 0 radical (unpaired) electrons. The highest BCUT2D eigenvalue weighted by molar-refractivity contribution is 7.92. The quantitative estimate of drug-likeness (QED) is 0.797. The van der Waals surface area contributed by atoms with Gasteiger partial charge in [0, 0.05) is 17.0 Å². The van der Waals surface area contributed by atoms with E-state index in [9.17, 15) is 8.42 Å². The summed E-state index contributed by atoms with van der Waals surface area (Å²) in [5.74, 6) is 0. The Kier molecular flexibility index (Phi) is 2.60. The summed E-state index contributed by atoms with van der Waals surface area (Å²) in [6.45, 7) is 4.35. The van der Waals surface area contributed by atoms with E-state index in [0.29, 0.717) is 22.9 Å². The van der Waals surface area contributed by atoms with Crippen LogP contribution in [0.2, 0.25) is 5.02 Å². The summed E-state index contributed by atoms with van der Waals surface area (Å²) >= 11 is 5.97. The van der Waals surface area contributed by atoms with Gasteiger partial charge < -0.3 is 5.73 Å². The average molecular weight is 275 g/mol. The van der Waals surface area contributed by atoms with Crippen LogP contribution in [0.25, 0.3) is 0 Å². The van der Waals surface area contributed by atoms with Crippen molar-refractivity contribution in [3.63, 3.8) is 0 Å². The first kappa shape index (κ1) is 12.5. The number of nitrogens with two attached hydrogens (primary N) is 1. The normalized spacial score (nSPS) is 18.2. The van der Waals surface area contributed by atoms with E-state index in [1.165, 1.54) is 10.6 Å². The van der Waals surface area contributed by atoms with Crippen LogP contribution in [0.15, 0.2) is 12.1 Å². The molecule has 17 heavy (non-hydrogen) atoms. The molecule has 1 heterocycles. The number of benzene rings is 1. The van der Waals surface area contributed by atoms with Gasteiger partial charge >= 0.3 is 0 Å². The van der Waals surface area contributed by atoms with Gasteiger partial charge in [-0.3, -0.25) is 4.31 Å². The SMILES string of the molecule is CC1(C)CN(S(C)(=O)=O)c2c(N)cc(Cl)cc21. The maximum absolute atomic E-state index is 11.8. The van der Waals surface area contributed by atoms with Gasteiger partial charge in [-0.2, -0.15) is 0 Å². The van der Waals surface area contributed by atoms with E-state index in [4.69, 9.17) is 17.3 Å². The number of rotatable bonds is 1. The summed E-state index contributed by atoms with van der Waals surface area (Å²) in [6, 6.07) is 3.37. The minimum absolute atomic E-state index is 0.280. The van der Waals surface area contributed by atoms with Crippen molar-refractivity contribution in [1.29, 1.82) is 0 Å². The Balaban J connectivity index is 2.74. The fraction of sp³-hybridized carbons (Fsp3) is 0.455. The van der Waals surface area contributed by atoms with Gasteiger partial charge in [-0.05, 0) is 17.7 Å². The highest BCUT2D eigenvalue weighted by Gasteiger charge is 2.40. The first-order valence-electron chi connectivity index (χ1n) is 5.20. The molecule has 1 aliphatic heterocycles. The second kappa shape index (κ2) is 3.53. The van der Waals surface area contributed by atoms with Crippen LogP contribution in [0.3, 0.4) is 0 Å². The number of hydrogen-bond acceptors (Lipinski definition) is 3. The maximum atomic E-state index is 11.8. The molecule has 0 fully saturated rings. The van der Waals surface area contributed by atoms with Gasteiger partial charge in [-0.25, -0.2) is 8.42 Å². The van der Waals surface area contributed by atoms with Gasteiger partial charge in [0.1, 0.15) is 0 Å². The Bertz CT molecular complexity index is 581. The topological polar surface area (TPSA) is 63.4 Å². The van der Waals surface area contributed by atoms with Crippen LogP contribution in [0.5, 0.6) is 0 Å². The monoisotopic (exact) mass is 274 g/mol. The number of hydrogen-bond donors (Lipinski definition) is 1. The van der Waals surface area contributed by atoms with Crippen molar-refractivity contribution >= 4 is 33.0 Å². The largest absolute Gasteiger partial charge is 0.397 e. The second-order valence-corrected chi connectivity index (χ2v) is 7.39. The molecule has 6 heteroatoms. The highest BCUT2D eigenvalue weighted by Crippen LogP contribution is 2.46. The first-order chi connectivity index (χ1) is 7.63. The lowest BCUT2D eigenvalue weighted by atomic mass is 9.87. The van der Waals surface area contributed by atoms with Crippen LogP contribution >= 0.6 is 11.6 Å². The lowest BCUT2D eigenvalue weighted by Gasteiger charge is -2.20. The lowest BCUT2D eigenvalue weighted by Crippen LogP contribution is -2.33. The Hall–Kier alpha value is -0.940. The molecule has 94 valence electrons. The molecule has 2 rings (SSSR count). The van der Waals surface area contributed by atoms with Crippen LogP contribution in [0.1, 0.15) is 19.4 Å². The molecule has 1 aromatic rings. The van der Waals surface area contributed by atoms with E-state index < -0.39 is 10.0 Å². The van der Waals surface area contributed by atoms with Crippen molar-refractivity contribution < 1.29 is 8.42 Å². The zero-order valence-electron chi connectivity index (χ0n) is 9.99. The van der Waals surface area contributed by atoms with Gasteiger partial charge in [0.05, 0.1) is 17.6 Å². The van der Waals surface area contributed by atoms with Gasteiger partial charge in [0.15, 0.2) is 0 Å². The number of halogens is 1. The number of sulfonamides is 1. The van der Waals surface area contributed by atoms with Crippen molar-refractivity contribution in [3.8, 4) is 0 Å². The molecule has 0 aromatic heterocycles. The second-order valence-electron chi connectivity index (χ2n) is 5.04. The van der Waals surface area contributed by atoms with Gasteiger partial charge in [0.25, 0.3) is 0 Å². The van der Waals surface area contributed by atoms with E-state index in [1.807, 2.05) is 13.8 Å². The number of nitrogen functional groups attached to an aromatic ring is 1. The molecule has 1 aliphatic rings. The van der Waals surface area contributed by atoms with Crippen molar-refractivity contribution in [2.45, 2.75) is 19.3 Å². The molecular weight excluding hydrogens is 260 g/mol. The predicted octanol–water partition coefficient (Wildman–Crippen LogP) is 1.98. The molecule has 0 bridgehead atoms. The van der Waals surface area contributed by atoms with Crippen LogP contribution in [-0.4, -0.2) is 21.2 Å². The molecule has 0 atom stereocenters. The zero-order chi connectivity index (χ0) is 13.0. The molecule has 0 unspecified atom stereocenters. The van der Waals surface area contributed by atoms with E-state index in [-0.39, 0.29) is 5.41 Å². The average Bonchev–Trinajstić information content (AvgIpc) is 2.38. The van der Waals surface area contributed by atoms with Crippen molar-refractivity contribution in [2.24, 2.45) is 0 Å². The summed E-state index contributed by atoms with van der Waals surface area (Å²) in [5, 5.41) is 0.532. The Morgan fingerprint density at radius 3 is 2.53 bits per heavy atom. The van der Waals surface area contributed by atoms with Crippen LogP contribution < -0.4 is 10.0 Å². The highest BCUT2D eigenvalue weighted by atomic mass is 35.5. The number of nitrogens with zero attached hydrogens (tertiary/aromatic N) is 1. The summed E-state index contributed by atoms with van der Waals surface area (Å²) in [4.78, 5) is 0.